The minimum Gasteiger partial charge on any atom is -0.290 e. The molecule has 0 aromatic heterocycles. The van der Waals surface area contributed by atoms with Gasteiger partial charge in [-0.25, -0.2) is 0 Å². The van der Waals surface area contributed by atoms with Crippen molar-refractivity contribution >= 4 is 6.21 Å². The maximum absolute atomic E-state index is 4.41. The van der Waals surface area contributed by atoms with Crippen molar-refractivity contribution in [2.45, 2.75) is 32.7 Å². The SMILES string of the molecule is CC(C)N=Cc1ccccc1C#CC1CC1. The lowest BCUT2D eigenvalue weighted by Crippen LogP contribution is -1.93. The standard InChI is InChI=1S/C15H17N/c1-12(2)16-11-15-6-4-3-5-14(15)10-9-13-7-8-13/h3-6,11-13H,7-8H2,1-2H3. The van der Waals surface area contributed by atoms with E-state index in [-0.39, 0.29) is 0 Å². The molecule has 0 amide bonds. The summed E-state index contributed by atoms with van der Waals surface area (Å²) in [6, 6.07) is 8.54. The Bertz CT molecular complexity index is 442. The highest BCUT2D eigenvalue weighted by molar-refractivity contribution is 5.83. The van der Waals surface area contributed by atoms with E-state index in [1.165, 1.54) is 12.8 Å². The van der Waals surface area contributed by atoms with Gasteiger partial charge in [-0.1, -0.05) is 30.0 Å². The van der Waals surface area contributed by atoms with Crippen molar-refractivity contribution in [3.63, 3.8) is 0 Å². The van der Waals surface area contributed by atoms with E-state index in [0.29, 0.717) is 12.0 Å². The van der Waals surface area contributed by atoms with E-state index in [2.05, 4.69) is 42.8 Å². The fourth-order valence-corrected chi connectivity index (χ4v) is 1.36. The third-order valence-corrected chi connectivity index (χ3v) is 2.46. The predicted octanol–water partition coefficient (Wildman–Crippen LogP) is 3.28. The van der Waals surface area contributed by atoms with E-state index in [1.807, 2.05) is 18.3 Å². The Morgan fingerprint density at radius 3 is 2.75 bits per heavy atom. The number of hydrogen-bond donors (Lipinski definition) is 0. The van der Waals surface area contributed by atoms with Gasteiger partial charge in [0, 0.05) is 29.3 Å². The van der Waals surface area contributed by atoms with Crippen molar-refractivity contribution in [1.82, 2.24) is 0 Å². The van der Waals surface area contributed by atoms with Gasteiger partial charge in [-0.3, -0.25) is 4.99 Å². The van der Waals surface area contributed by atoms with Crippen LogP contribution < -0.4 is 0 Å². The van der Waals surface area contributed by atoms with Gasteiger partial charge < -0.3 is 0 Å². The van der Waals surface area contributed by atoms with Crippen LogP contribution in [0.4, 0.5) is 0 Å². The first-order valence-electron chi connectivity index (χ1n) is 5.89. The lowest BCUT2D eigenvalue weighted by molar-refractivity contribution is 0.841. The molecule has 1 aliphatic carbocycles. The summed E-state index contributed by atoms with van der Waals surface area (Å²) in [5.41, 5.74) is 2.23. The van der Waals surface area contributed by atoms with Crippen LogP contribution in [0.15, 0.2) is 29.3 Å². The minimum atomic E-state index is 0.337. The Kier molecular flexibility index (Phi) is 3.41. The molecule has 0 aliphatic heterocycles. The molecule has 0 atom stereocenters. The summed E-state index contributed by atoms with van der Waals surface area (Å²) in [7, 11) is 0. The molecule has 0 heterocycles. The topological polar surface area (TPSA) is 12.4 Å². The largest absolute Gasteiger partial charge is 0.290 e. The van der Waals surface area contributed by atoms with E-state index in [0.717, 1.165) is 11.1 Å². The number of hydrogen-bond acceptors (Lipinski definition) is 1. The molecule has 1 aromatic carbocycles. The first kappa shape index (κ1) is 11.0. The predicted molar refractivity (Wildman–Crippen MR) is 68.8 cm³/mol. The van der Waals surface area contributed by atoms with Crippen molar-refractivity contribution in [1.29, 1.82) is 0 Å². The van der Waals surface area contributed by atoms with E-state index >= 15 is 0 Å². The zero-order chi connectivity index (χ0) is 11.4. The Labute approximate surface area is 97.6 Å². The summed E-state index contributed by atoms with van der Waals surface area (Å²) in [5.74, 6) is 7.20. The number of aliphatic imine (C=N–C) groups is 1. The van der Waals surface area contributed by atoms with E-state index in [4.69, 9.17) is 0 Å². The lowest BCUT2D eigenvalue weighted by atomic mass is 10.1. The molecular weight excluding hydrogens is 194 g/mol. The summed E-state index contributed by atoms with van der Waals surface area (Å²) in [6.07, 6.45) is 4.48. The molecule has 1 saturated carbocycles. The second kappa shape index (κ2) is 4.99. The molecule has 16 heavy (non-hydrogen) atoms. The highest BCUT2D eigenvalue weighted by atomic mass is 14.7. The number of rotatable bonds is 2. The molecule has 1 aromatic rings. The van der Waals surface area contributed by atoms with E-state index in [1.54, 1.807) is 0 Å². The molecule has 1 heteroatoms. The normalized spacial score (nSPS) is 15.2. The molecule has 1 fully saturated rings. The summed E-state index contributed by atoms with van der Waals surface area (Å²) in [5, 5.41) is 0. The van der Waals surface area contributed by atoms with Crippen LogP contribution >= 0.6 is 0 Å². The molecule has 0 spiro atoms. The zero-order valence-electron chi connectivity index (χ0n) is 9.90. The first-order valence-corrected chi connectivity index (χ1v) is 5.89. The maximum atomic E-state index is 4.41. The molecule has 1 nitrogen and oxygen atoms in total. The third kappa shape index (κ3) is 3.24. The fraction of sp³-hybridized carbons (Fsp3) is 0.400. The lowest BCUT2D eigenvalue weighted by Gasteiger charge is -1.99. The van der Waals surface area contributed by atoms with Crippen LogP contribution in [-0.4, -0.2) is 12.3 Å². The fourth-order valence-electron chi connectivity index (χ4n) is 1.36. The highest BCUT2D eigenvalue weighted by Crippen LogP contribution is 2.27. The maximum Gasteiger partial charge on any atom is 0.0443 e. The van der Waals surface area contributed by atoms with Crippen molar-refractivity contribution in [3.05, 3.63) is 35.4 Å². The van der Waals surface area contributed by atoms with Crippen LogP contribution in [0.2, 0.25) is 0 Å². The van der Waals surface area contributed by atoms with Crippen molar-refractivity contribution in [3.8, 4) is 11.8 Å². The van der Waals surface area contributed by atoms with Gasteiger partial charge in [0.05, 0.1) is 0 Å². The van der Waals surface area contributed by atoms with Crippen molar-refractivity contribution in [2.75, 3.05) is 0 Å². The third-order valence-electron chi connectivity index (χ3n) is 2.46. The second-order valence-corrected chi connectivity index (χ2v) is 4.50. The van der Waals surface area contributed by atoms with Gasteiger partial charge in [0.1, 0.15) is 0 Å². The Morgan fingerprint density at radius 2 is 2.06 bits per heavy atom. The van der Waals surface area contributed by atoms with Crippen LogP contribution in [0.25, 0.3) is 0 Å². The van der Waals surface area contributed by atoms with Gasteiger partial charge in [0.15, 0.2) is 0 Å². The summed E-state index contributed by atoms with van der Waals surface area (Å²) < 4.78 is 0. The molecular formula is C15H17N. The Morgan fingerprint density at radius 1 is 1.31 bits per heavy atom. The van der Waals surface area contributed by atoms with Crippen molar-refractivity contribution in [2.24, 2.45) is 10.9 Å². The summed E-state index contributed by atoms with van der Waals surface area (Å²) in [6.45, 7) is 4.16. The first-order chi connectivity index (χ1) is 7.75. The Balaban J connectivity index is 2.20. The quantitative estimate of drug-likeness (QED) is 0.526. The number of nitrogens with zero attached hydrogens (tertiary/aromatic N) is 1. The van der Waals surface area contributed by atoms with Crippen LogP contribution in [0.1, 0.15) is 37.8 Å². The molecule has 0 unspecified atom stereocenters. The van der Waals surface area contributed by atoms with Gasteiger partial charge in [-0.05, 0) is 32.8 Å². The summed E-state index contributed by atoms with van der Waals surface area (Å²) in [4.78, 5) is 4.41. The van der Waals surface area contributed by atoms with Gasteiger partial charge in [0.25, 0.3) is 0 Å². The average molecular weight is 211 g/mol. The zero-order valence-corrected chi connectivity index (χ0v) is 9.90. The summed E-state index contributed by atoms with van der Waals surface area (Å²) >= 11 is 0. The molecule has 0 bridgehead atoms. The molecule has 0 radical (unpaired) electrons. The highest BCUT2D eigenvalue weighted by Gasteiger charge is 2.17. The Hall–Kier alpha value is -1.55. The minimum absolute atomic E-state index is 0.337. The molecule has 82 valence electrons. The molecule has 0 N–H and O–H groups in total. The average Bonchev–Trinajstić information content (AvgIpc) is 3.08. The van der Waals surface area contributed by atoms with Gasteiger partial charge >= 0.3 is 0 Å². The molecule has 1 aliphatic rings. The van der Waals surface area contributed by atoms with E-state index in [9.17, 15) is 0 Å². The van der Waals surface area contributed by atoms with Crippen LogP contribution in [0.3, 0.4) is 0 Å². The second-order valence-electron chi connectivity index (χ2n) is 4.50. The van der Waals surface area contributed by atoms with Crippen LogP contribution in [0, 0.1) is 17.8 Å². The van der Waals surface area contributed by atoms with Gasteiger partial charge in [-0.2, -0.15) is 0 Å². The van der Waals surface area contributed by atoms with Crippen molar-refractivity contribution < 1.29 is 0 Å². The molecule has 0 saturated heterocycles. The number of benzene rings is 1. The van der Waals surface area contributed by atoms with Crippen LogP contribution in [0.5, 0.6) is 0 Å². The smallest absolute Gasteiger partial charge is 0.0443 e. The van der Waals surface area contributed by atoms with E-state index < -0.39 is 0 Å². The molecule has 2 rings (SSSR count). The van der Waals surface area contributed by atoms with Gasteiger partial charge in [-0.15, -0.1) is 0 Å². The van der Waals surface area contributed by atoms with Gasteiger partial charge in [0.2, 0.25) is 0 Å². The van der Waals surface area contributed by atoms with Crippen LogP contribution in [-0.2, 0) is 0 Å². The monoisotopic (exact) mass is 211 g/mol.